The summed E-state index contributed by atoms with van der Waals surface area (Å²) in [6.45, 7) is 1.98. The van der Waals surface area contributed by atoms with Crippen LogP contribution in [0, 0.1) is 5.92 Å². The van der Waals surface area contributed by atoms with Gasteiger partial charge in [0.1, 0.15) is 6.10 Å². The Morgan fingerprint density at radius 1 is 1.15 bits per heavy atom. The van der Waals surface area contributed by atoms with E-state index in [0.717, 1.165) is 37.4 Å². The molecule has 2 heterocycles. The van der Waals surface area contributed by atoms with Crippen molar-refractivity contribution < 1.29 is 19.7 Å². The maximum Gasteiger partial charge on any atom is 0.253 e. The molecule has 1 spiro atoms. The molecule has 2 aliphatic heterocycles. The van der Waals surface area contributed by atoms with E-state index >= 15 is 0 Å². The van der Waals surface area contributed by atoms with Gasteiger partial charge >= 0.3 is 0 Å². The molecule has 6 nitrogen and oxygen atoms in total. The molecule has 0 unspecified atom stereocenters. The van der Waals surface area contributed by atoms with Crippen LogP contribution in [0.4, 0.5) is 0 Å². The molecule has 7 rings (SSSR count). The van der Waals surface area contributed by atoms with Crippen molar-refractivity contribution in [2.24, 2.45) is 5.92 Å². The van der Waals surface area contributed by atoms with Crippen LogP contribution < -0.4 is 4.74 Å². The van der Waals surface area contributed by atoms with Gasteiger partial charge in [-0.15, -0.1) is 0 Å². The number of ether oxygens (including phenoxy) is 1. The number of phenols is 1. The Bertz CT molecular complexity index is 1160. The lowest BCUT2D eigenvalue weighted by atomic mass is 9.48. The molecule has 2 aromatic rings. The number of carbonyl (C=O) groups is 1. The smallest absolute Gasteiger partial charge is 0.253 e. The Kier molecular flexibility index (Phi) is 4.27. The number of piperidine rings is 1. The highest BCUT2D eigenvalue weighted by Gasteiger charge is 2.73. The van der Waals surface area contributed by atoms with Crippen LogP contribution in [0.2, 0.25) is 0 Å². The van der Waals surface area contributed by atoms with Gasteiger partial charge in [-0.3, -0.25) is 9.69 Å². The molecule has 178 valence electrons. The quantitative estimate of drug-likeness (QED) is 0.734. The molecular formula is C28H32N2O4. The Balaban J connectivity index is 1.33. The third-order valence-corrected chi connectivity index (χ3v) is 9.57. The van der Waals surface area contributed by atoms with Gasteiger partial charge in [0.15, 0.2) is 11.5 Å². The highest BCUT2D eigenvalue weighted by Crippen LogP contribution is 2.66. The molecule has 34 heavy (non-hydrogen) atoms. The molecule has 2 saturated carbocycles. The summed E-state index contributed by atoms with van der Waals surface area (Å²) < 4.78 is 6.60. The van der Waals surface area contributed by atoms with E-state index in [2.05, 4.69) is 4.90 Å². The molecule has 0 radical (unpaired) electrons. The van der Waals surface area contributed by atoms with Crippen LogP contribution in [0.1, 0.15) is 53.6 Å². The van der Waals surface area contributed by atoms with Gasteiger partial charge in [-0.05, 0) is 74.8 Å². The number of likely N-dealkylation sites (N-methyl/N-ethyl adjacent to an activating group) is 1. The van der Waals surface area contributed by atoms with E-state index in [4.69, 9.17) is 4.74 Å². The van der Waals surface area contributed by atoms with E-state index in [-0.39, 0.29) is 29.8 Å². The van der Waals surface area contributed by atoms with Crippen molar-refractivity contribution >= 4 is 5.91 Å². The monoisotopic (exact) mass is 460 g/mol. The van der Waals surface area contributed by atoms with Gasteiger partial charge in [0.25, 0.3) is 5.91 Å². The number of nitrogens with zero attached hydrogens (tertiary/aromatic N) is 2. The Morgan fingerprint density at radius 2 is 1.94 bits per heavy atom. The normalized spacial score (nSPS) is 35.4. The third kappa shape index (κ3) is 2.56. The predicted molar refractivity (Wildman–Crippen MR) is 127 cm³/mol. The lowest BCUT2D eigenvalue weighted by Gasteiger charge is -2.64. The summed E-state index contributed by atoms with van der Waals surface area (Å²) in [5, 5.41) is 23.3. The van der Waals surface area contributed by atoms with E-state index in [1.54, 1.807) is 6.07 Å². The molecule has 1 saturated heterocycles. The second-order valence-corrected chi connectivity index (χ2v) is 11.2. The minimum atomic E-state index is -0.927. The second kappa shape index (κ2) is 6.98. The molecule has 2 N–H and O–H groups in total. The SMILES string of the molecule is CN(C(=O)c1ccccc1)[C@H]1CC[C@@]2(O)[C@@H]3Cc4ccc(O)c5c4[C@@]2(CCN3CC2CC2)[C@H]1O5. The molecule has 2 bridgehead atoms. The fraction of sp³-hybridized carbons (Fsp3) is 0.536. The first-order chi connectivity index (χ1) is 16.4. The zero-order valence-corrected chi connectivity index (χ0v) is 19.6. The summed E-state index contributed by atoms with van der Waals surface area (Å²) in [6, 6.07) is 13.0. The van der Waals surface area contributed by atoms with Crippen LogP contribution in [-0.2, 0) is 11.8 Å². The van der Waals surface area contributed by atoms with E-state index in [0.29, 0.717) is 24.2 Å². The number of amides is 1. The van der Waals surface area contributed by atoms with Crippen LogP contribution in [0.15, 0.2) is 42.5 Å². The van der Waals surface area contributed by atoms with E-state index in [1.807, 2.05) is 48.3 Å². The van der Waals surface area contributed by atoms with E-state index in [9.17, 15) is 15.0 Å². The fourth-order valence-electron chi connectivity index (χ4n) is 7.79. The van der Waals surface area contributed by atoms with Crippen LogP contribution >= 0.6 is 0 Å². The molecule has 3 aliphatic carbocycles. The number of aliphatic hydroxyl groups is 1. The van der Waals surface area contributed by atoms with Gasteiger partial charge < -0.3 is 19.8 Å². The van der Waals surface area contributed by atoms with Crippen LogP contribution in [-0.4, -0.2) is 69.8 Å². The van der Waals surface area contributed by atoms with Crippen LogP contribution in [0.25, 0.3) is 0 Å². The number of phenolic OH excluding ortho intramolecular Hbond substituents is 1. The van der Waals surface area contributed by atoms with Crippen molar-refractivity contribution in [1.82, 2.24) is 9.80 Å². The summed E-state index contributed by atoms with van der Waals surface area (Å²) in [7, 11) is 1.86. The maximum atomic E-state index is 13.4. The number of benzene rings is 2. The average molecular weight is 461 g/mol. The number of aromatic hydroxyl groups is 1. The van der Waals surface area contributed by atoms with Crippen LogP contribution in [0.5, 0.6) is 11.5 Å². The zero-order chi connectivity index (χ0) is 23.2. The molecule has 5 aliphatic rings. The minimum absolute atomic E-state index is 0.0324. The summed E-state index contributed by atoms with van der Waals surface area (Å²) in [6.07, 6.45) is 5.08. The molecular weight excluding hydrogens is 428 g/mol. The first-order valence-electron chi connectivity index (χ1n) is 12.7. The second-order valence-electron chi connectivity index (χ2n) is 11.2. The summed E-state index contributed by atoms with van der Waals surface area (Å²) in [5.41, 5.74) is 1.32. The molecule has 0 aromatic heterocycles. The maximum absolute atomic E-state index is 13.4. The minimum Gasteiger partial charge on any atom is -0.504 e. The molecule has 6 heteroatoms. The van der Waals surface area contributed by atoms with Gasteiger partial charge in [-0.1, -0.05) is 24.3 Å². The number of carbonyl (C=O) groups excluding carboxylic acids is 1. The third-order valence-electron chi connectivity index (χ3n) is 9.57. The standard InChI is InChI=1S/C28H32N2O4/c1-29(26(32)18-5-3-2-4-6-18)20-11-12-28(33)22-15-19-9-10-21(31)24-23(19)27(28,25(20)34-24)13-14-30(22)16-17-7-8-17/h2-6,9-10,17,20,22,25,31,33H,7-8,11-16H2,1H3/t20-,22-,25-,27-,28+/m0/s1. The van der Waals surface area contributed by atoms with Gasteiger partial charge in [0.2, 0.25) is 0 Å². The van der Waals surface area contributed by atoms with Gasteiger partial charge in [0, 0.05) is 30.8 Å². The first kappa shape index (κ1) is 20.8. The highest BCUT2D eigenvalue weighted by atomic mass is 16.5. The van der Waals surface area contributed by atoms with Crippen molar-refractivity contribution in [3.05, 3.63) is 59.2 Å². The molecule has 1 amide bonds. The van der Waals surface area contributed by atoms with E-state index < -0.39 is 11.0 Å². The Labute approximate surface area is 200 Å². The van der Waals surface area contributed by atoms with Crippen molar-refractivity contribution in [2.45, 2.75) is 67.7 Å². The number of rotatable bonds is 4. The van der Waals surface area contributed by atoms with Gasteiger partial charge in [0.05, 0.1) is 17.1 Å². The predicted octanol–water partition coefficient (Wildman–Crippen LogP) is 3.10. The summed E-state index contributed by atoms with van der Waals surface area (Å²) in [5.74, 6) is 1.40. The lowest BCUT2D eigenvalue weighted by Crippen LogP contribution is -2.78. The topological polar surface area (TPSA) is 73.2 Å². The summed E-state index contributed by atoms with van der Waals surface area (Å²) in [4.78, 5) is 17.8. The van der Waals surface area contributed by atoms with Gasteiger partial charge in [-0.2, -0.15) is 0 Å². The lowest BCUT2D eigenvalue weighted by molar-refractivity contribution is -0.197. The first-order valence-corrected chi connectivity index (χ1v) is 12.7. The average Bonchev–Trinajstić information content (AvgIpc) is 3.59. The summed E-state index contributed by atoms with van der Waals surface area (Å²) >= 11 is 0. The Hall–Kier alpha value is -2.57. The van der Waals surface area contributed by atoms with Crippen molar-refractivity contribution in [1.29, 1.82) is 0 Å². The molecule has 5 atom stereocenters. The zero-order valence-electron chi connectivity index (χ0n) is 19.6. The Morgan fingerprint density at radius 3 is 2.71 bits per heavy atom. The van der Waals surface area contributed by atoms with Crippen molar-refractivity contribution in [3.8, 4) is 11.5 Å². The van der Waals surface area contributed by atoms with Crippen molar-refractivity contribution in [2.75, 3.05) is 20.1 Å². The van der Waals surface area contributed by atoms with Crippen molar-refractivity contribution in [3.63, 3.8) is 0 Å². The number of hydrogen-bond donors (Lipinski definition) is 2. The molecule has 3 fully saturated rings. The van der Waals surface area contributed by atoms with E-state index in [1.165, 1.54) is 18.4 Å². The number of hydrogen-bond acceptors (Lipinski definition) is 5. The van der Waals surface area contributed by atoms with Gasteiger partial charge in [-0.25, -0.2) is 0 Å². The van der Waals surface area contributed by atoms with Crippen LogP contribution in [0.3, 0.4) is 0 Å². The molecule has 2 aromatic carbocycles. The highest BCUT2D eigenvalue weighted by molar-refractivity contribution is 5.94. The largest absolute Gasteiger partial charge is 0.504 e. The number of likely N-dealkylation sites (tertiary alicyclic amines) is 1. The fourth-order valence-corrected chi connectivity index (χ4v) is 7.79.